The Hall–Kier alpha value is -2.23. The van der Waals surface area contributed by atoms with Crippen LogP contribution in [0.3, 0.4) is 0 Å². The van der Waals surface area contributed by atoms with Crippen molar-refractivity contribution in [2.24, 2.45) is 16.6 Å². The molecule has 9 heteroatoms. The second kappa shape index (κ2) is 10.9. The summed E-state index contributed by atoms with van der Waals surface area (Å²) >= 11 is 1.63. The third-order valence-corrected chi connectivity index (χ3v) is 6.50. The number of esters is 1. The van der Waals surface area contributed by atoms with Gasteiger partial charge in [-0.2, -0.15) is 0 Å². The van der Waals surface area contributed by atoms with Crippen molar-refractivity contribution < 1.29 is 19.2 Å². The molecule has 2 N–H and O–H groups in total. The Bertz CT molecular complexity index is 850. The van der Waals surface area contributed by atoms with Crippen LogP contribution < -0.4 is 5.73 Å². The van der Waals surface area contributed by atoms with Crippen LogP contribution in [0.4, 0.5) is 5.69 Å². The first-order chi connectivity index (χ1) is 14.9. The lowest BCUT2D eigenvalue weighted by Gasteiger charge is -2.30. The Morgan fingerprint density at radius 2 is 2.06 bits per heavy atom. The Morgan fingerprint density at radius 3 is 2.71 bits per heavy atom. The minimum absolute atomic E-state index is 0.00129. The van der Waals surface area contributed by atoms with E-state index < -0.39 is 0 Å². The number of carbonyl (C=O) groups excluding carboxylic acids is 2. The smallest absolute Gasteiger partial charge is 0.308 e. The van der Waals surface area contributed by atoms with Crippen LogP contribution in [0.5, 0.6) is 0 Å². The SMILES string of the molecule is CCCN(OCC)C(=O)C1=Cc2sc(CN3CCC(C(=O)OC)CC3)cc2N=C(N)C1. The molecule has 3 heterocycles. The number of likely N-dealkylation sites (tertiary alicyclic amines) is 1. The largest absolute Gasteiger partial charge is 0.469 e. The zero-order chi connectivity index (χ0) is 22.4. The number of carbonyl (C=O) groups is 2. The van der Waals surface area contributed by atoms with Crippen LogP contribution in [0.2, 0.25) is 0 Å². The molecule has 0 aromatic carbocycles. The zero-order valence-electron chi connectivity index (χ0n) is 18.6. The highest BCUT2D eigenvalue weighted by Crippen LogP contribution is 2.36. The molecule has 3 rings (SSSR count). The van der Waals surface area contributed by atoms with Crippen molar-refractivity contribution >= 4 is 40.8 Å². The second-order valence-electron chi connectivity index (χ2n) is 7.81. The summed E-state index contributed by atoms with van der Waals surface area (Å²) in [6.45, 7) is 7.34. The lowest BCUT2D eigenvalue weighted by Crippen LogP contribution is -2.36. The van der Waals surface area contributed by atoms with Crippen LogP contribution in [0.1, 0.15) is 49.3 Å². The van der Waals surface area contributed by atoms with E-state index in [0.717, 1.165) is 49.5 Å². The van der Waals surface area contributed by atoms with Gasteiger partial charge in [0.15, 0.2) is 0 Å². The Kier molecular flexibility index (Phi) is 8.22. The number of nitrogens with two attached hydrogens (primary N) is 1. The molecule has 170 valence electrons. The number of thiophene rings is 1. The predicted octanol–water partition coefficient (Wildman–Crippen LogP) is 3.10. The molecule has 1 fully saturated rings. The number of hydroxylamine groups is 2. The number of amidine groups is 1. The minimum Gasteiger partial charge on any atom is -0.469 e. The molecule has 1 amide bonds. The summed E-state index contributed by atoms with van der Waals surface area (Å²) in [5, 5.41) is 1.42. The number of methoxy groups -OCH3 is 1. The highest BCUT2D eigenvalue weighted by atomic mass is 32.1. The molecule has 1 aromatic rings. The average Bonchev–Trinajstić information content (AvgIpc) is 3.05. The van der Waals surface area contributed by atoms with Crippen molar-refractivity contribution in [1.82, 2.24) is 9.96 Å². The van der Waals surface area contributed by atoms with Gasteiger partial charge in [0.05, 0.1) is 30.2 Å². The van der Waals surface area contributed by atoms with Gasteiger partial charge in [-0.3, -0.25) is 19.3 Å². The first-order valence-corrected chi connectivity index (χ1v) is 11.7. The van der Waals surface area contributed by atoms with Crippen molar-refractivity contribution in [2.75, 3.05) is 33.4 Å². The predicted molar refractivity (Wildman–Crippen MR) is 122 cm³/mol. The van der Waals surface area contributed by atoms with E-state index in [-0.39, 0.29) is 17.8 Å². The topological polar surface area (TPSA) is 97.5 Å². The highest BCUT2D eigenvalue weighted by molar-refractivity contribution is 7.13. The van der Waals surface area contributed by atoms with E-state index in [2.05, 4.69) is 16.0 Å². The third kappa shape index (κ3) is 5.93. The molecule has 0 unspecified atom stereocenters. The molecule has 0 radical (unpaired) electrons. The van der Waals surface area contributed by atoms with Crippen molar-refractivity contribution in [3.8, 4) is 0 Å². The standard InChI is InChI=1S/C22H32N4O4S/c1-4-8-26(30-5-2)21(27)16-11-19-18(24-20(23)12-16)13-17(31-19)14-25-9-6-15(7-10-25)22(28)29-3/h11,13,15H,4-10,12,14H2,1-3H3,(H2,23,24). The van der Waals surface area contributed by atoms with Gasteiger partial charge in [-0.25, -0.2) is 10.1 Å². The molecule has 8 nitrogen and oxygen atoms in total. The Morgan fingerprint density at radius 1 is 1.32 bits per heavy atom. The number of hydrogen-bond acceptors (Lipinski definition) is 8. The molecule has 2 aliphatic heterocycles. The maximum absolute atomic E-state index is 13.0. The molecule has 0 bridgehead atoms. The van der Waals surface area contributed by atoms with E-state index in [1.807, 2.05) is 19.9 Å². The van der Waals surface area contributed by atoms with Gasteiger partial charge < -0.3 is 10.5 Å². The number of nitrogens with zero attached hydrogens (tertiary/aromatic N) is 3. The molecular formula is C22H32N4O4S. The molecular weight excluding hydrogens is 416 g/mol. The summed E-state index contributed by atoms with van der Waals surface area (Å²) in [6, 6.07) is 2.05. The molecule has 0 atom stereocenters. The third-order valence-electron chi connectivity index (χ3n) is 5.45. The number of fused-ring (bicyclic) bond motifs is 1. The van der Waals surface area contributed by atoms with Crippen molar-refractivity contribution in [3.63, 3.8) is 0 Å². The molecule has 0 saturated carbocycles. The van der Waals surface area contributed by atoms with Gasteiger partial charge in [0, 0.05) is 30.0 Å². The number of amides is 1. The monoisotopic (exact) mass is 448 g/mol. The minimum atomic E-state index is -0.158. The van der Waals surface area contributed by atoms with Crippen molar-refractivity contribution in [2.45, 2.75) is 46.1 Å². The maximum Gasteiger partial charge on any atom is 0.308 e. The van der Waals surface area contributed by atoms with Crippen LogP contribution in [0, 0.1) is 5.92 Å². The lowest BCUT2D eigenvalue weighted by molar-refractivity contribution is -0.180. The molecule has 1 saturated heterocycles. The van der Waals surface area contributed by atoms with Crippen LogP contribution in [-0.4, -0.2) is 61.0 Å². The van der Waals surface area contributed by atoms with Crippen LogP contribution in [0.25, 0.3) is 6.08 Å². The highest BCUT2D eigenvalue weighted by Gasteiger charge is 2.27. The number of aliphatic imine (C=N–C) groups is 1. The second-order valence-corrected chi connectivity index (χ2v) is 8.98. The van der Waals surface area contributed by atoms with E-state index in [1.165, 1.54) is 17.1 Å². The lowest BCUT2D eigenvalue weighted by atomic mass is 9.97. The summed E-state index contributed by atoms with van der Waals surface area (Å²) in [4.78, 5) is 39.2. The van der Waals surface area contributed by atoms with Gasteiger partial charge >= 0.3 is 5.97 Å². The van der Waals surface area contributed by atoms with Crippen molar-refractivity contribution in [3.05, 3.63) is 21.4 Å². The summed E-state index contributed by atoms with van der Waals surface area (Å²) < 4.78 is 4.87. The number of hydrogen-bond donors (Lipinski definition) is 1. The fourth-order valence-electron chi connectivity index (χ4n) is 3.91. The van der Waals surface area contributed by atoms with Gasteiger partial charge in [0.2, 0.25) is 0 Å². The average molecular weight is 449 g/mol. The van der Waals surface area contributed by atoms with Crippen LogP contribution >= 0.6 is 11.3 Å². The van der Waals surface area contributed by atoms with E-state index in [1.54, 1.807) is 11.3 Å². The quantitative estimate of drug-likeness (QED) is 0.485. The molecule has 0 spiro atoms. The van der Waals surface area contributed by atoms with Crippen molar-refractivity contribution in [1.29, 1.82) is 0 Å². The Balaban J connectivity index is 1.72. The van der Waals surface area contributed by atoms with Gasteiger partial charge in [0.1, 0.15) is 5.84 Å². The summed E-state index contributed by atoms with van der Waals surface area (Å²) in [6.07, 6.45) is 4.64. The summed E-state index contributed by atoms with van der Waals surface area (Å²) in [5.74, 6) is 0.154. The molecule has 0 aliphatic carbocycles. The summed E-state index contributed by atoms with van der Waals surface area (Å²) in [5.41, 5.74) is 7.52. The van der Waals surface area contributed by atoms with Gasteiger partial charge in [0.25, 0.3) is 5.91 Å². The number of ether oxygens (including phenoxy) is 1. The Labute approximate surface area is 187 Å². The zero-order valence-corrected chi connectivity index (χ0v) is 19.4. The number of piperidine rings is 1. The van der Waals surface area contributed by atoms with E-state index in [4.69, 9.17) is 15.3 Å². The first kappa shape index (κ1) is 23.4. The molecule has 31 heavy (non-hydrogen) atoms. The van der Waals surface area contributed by atoms with Gasteiger partial charge in [-0.1, -0.05) is 6.92 Å². The maximum atomic E-state index is 13.0. The molecule has 2 aliphatic rings. The van der Waals surface area contributed by atoms with Crippen LogP contribution in [-0.2, 0) is 25.7 Å². The normalized spacial score (nSPS) is 17.4. The fraction of sp³-hybridized carbons (Fsp3) is 0.591. The van der Waals surface area contributed by atoms with E-state index in [0.29, 0.717) is 31.0 Å². The van der Waals surface area contributed by atoms with Gasteiger partial charge in [-0.05, 0) is 51.4 Å². The van der Waals surface area contributed by atoms with Crippen LogP contribution in [0.15, 0.2) is 16.6 Å². The van der Waals surface area contributed by atoms with E-state index >= 15 is 0 Å². The first-order valence-electron chi connectivity index (χ1n) is 10.9. The van der Waals surface area contributed by atoms with E-state index in [9.17, 15) is 9.59 Å². The number of rotatable bonds is 8. The summed E-state index contributed by atoms with van der Waals surface area (Å²) in [7, 11) is 1.45. The fourth-order valence-corrected chi connectivity index (χ4v) is 5.02. The van der Waals surface area contributed by atoms with Gasteiger partial charge in [-0.15, -0.1) is 11.3 Å². The molecule has 1 aromatic heterocycles.